The molecule has 0 bridgehead atoms. The van der Waals surface area contributed by atoms with Gasteiger partial charge in [-0.15, -0.1) is 11.8 Å². The Labute approximate surface area is 124 Å². The van der Waals surface area contributed by atoms with E-state index in [4.69, 9.17) is 9.16 Å². The molecule has 0 N–H and O–H groups in total. The molecular formula is C15H30O2SSi. The Hall–Kier alpha value is 0.487. The standard InChI is InChI=1S/C15H30O2SSi/c1-14(2,3)19(5,6)17-12-8-7-10-15(12)11-9-13(16-4)18-15/h12-13H,7-11H2,1-6H3/t12-,13-,15+/m0/s1. The predicted octanol–water partition coefficient (Wildman–Crippen LogP) is 4.80. The van der Waals surface area contributed by atoms with Crippen LogP contribution >= 0.6 is 11.8 Å². The van der Waals surface area contributed by atoms with E-state index in [9.17, 15) is 0 Å². The largest absolute Gasteiger partial charge is 0.413 e. The van der Waals surface area contributed by atoms with Gasteiger partial charge in [0.2, 0.25) is 0 Å². The second kappa shape index (κ2) is 5.36. The van der Waals surface area contributed by atoms with Gasteiger partial charge in [-0.25, -0.2) is 0 Å². The molecule has 2 fully saturated rings. The summed E-state index contributed by atoms with van der Waals surface area (Å²) in [5, 5.41) is 0.306. The number of ether oxygens (including phenoxy) is 1. The molecule has 1 heterocycles. The third-order valence-electron chi connectivity index (χ3n) is 5.33. The Kier molecular flexibility index (Phi) is 4.47. The van der Waals surface area contributed by atoms with E-state index in [1.807, 2.05) is 7.11 Å². The molecule has 0 aromatic carbocycles. The van der Waals surface area contributed by atoms with E-state index in [1.54, 1.807) is 0 Å². The summed E-state index contributed by atoms with van der Waals surface area (Å²) in [5.74, 6) is 0. The molecule has 1 saturated heterocycles. The van der Waals surface area contributed by atoms with Crippen molar-refractivity contribution in [2.45, 2.75) is 87.3 Å². The molecule has 19 heavy (non-hydrogen) atoms. The van der Waals surface area contributed by atoms with Gasteiger partial charge in [0, 0.05) is 11.9 Å². The van der Waals surface area contributed by atoms with Crippen LogP contribution < -0.4 is 0 Å². The summed E-state index contributed by atoms with van der Waals surface area (Å²) in [7, 11) is 0.193. The Morgan fingerprint density at radius 1 is 1.16 bits per heavy atom. The zero-order chi connectivity index (χ0) is 14.3. The monoisotopic (exact) mass is 302 g/mol. The maximum Gasteiger partial charge on any atom is 0.192 e. The molecule has 1 saturated carbocycles. The van der Waals surface area contributed by atoms with Crippen LogP contribution in [-0.4, -0.2) is 31.7 Å². The van der Waals surface area contributed by atoms with Gasteiger partial charge in [0.1, 0.15) is 5.44 Å². The van der Waals surface area contributed by atoms with Gasteiger partial charge in [0.05, 0.1) is 6.10 Å². The summed E-state index contributed by atoms with van der Waals surface area (Å²) in [5.41, 5.74) is 0.392. The van der Waals surface area contributed by atoms with Crippen LogP contribution in [0.5, 0.6) is 0 Å². The van der Waals surface area contributed by atoms with E-state index in [0.29, 0.717) is 21.3 Å². The molecular weight excluding hydrogens is 272 g/mol. The zero-order valence-electron chi connectivity index (χ0n) is 13.4. The van der Waals surface area contributed by atoms with Crippen molar-refractivity contribution in [2.24, 2.45) is 0 Å². The highest BCUT2D eigenvalue weighted by Gasteiger charge is 2.52. The van der Waals surface area contributed by atoms with Crippen LogP contribution in [0.1, 0.15) is 52.9 Å². The number of hydrogen-bond donors (Lipinski definition) is 0. The summed E-state index contributed by atoms with van der Waals surface area (Å²) in [6, 6.07) is 0. The fraction of sp³-hybridized carbons (Fsp3) is 1.00. The third kappa shape index (κ3) is 3.07. The molecule has 2 nitrogen and oxygen atoms in total. The molecule has 2 rings (SSSR count). The van der Waals surface area contributed by atoms with Crippen LogP contribution in [-0.2, 0) is 9.16 Å². The van der Waals surface area contributed by atoms with Crippen molar-refractivity contribution in [3.63, 3.8) is 0 Å². The molecule has 0 amide bonds. The first-order chi connectivity index (χ1) is 8.70. The summed E-state index contributed by atoms with van der Waals surface area (Å²) < 4.78 is 12.7. The Morgan fingerprint density at radius 2 is 1.84 bits per heavy atom. The molecule has 112 valence electrons. The van der Waals surface area contributed by atoms with Crippen LogP contribution in [0.25, 0.3) is 0 Å². The zero-order valence-corrected chi connectivity index (χ0v) is 15.2. The Balaban J connectivity index is 2.08. The van der Waals surface area contributed by atoms with Gasteiger partial charge in [-0.3, -0.25) is 0 Å². The van der Waals surface area contributed by atoms with Crippen LogP contribution in [0.4, 0.5) is 0 Å². The molecule has 3 atom stereocenters. The second-order valence-electron chi connectivity index (χ2n) is 7.65. The third-order valence-corrected chi connectivity index (χ3v) is 11.6. The Morgan fingerprint density at radius 3 is 2.37 bits per heavy atom. The lowest BCUT2D eigenvalue weighted by molar-refractivity contribution is 0.150. The number of thioether (sulfide) groups is 1. The lowest BCUT2D eigenvalue weighted by Crippen LogP contribution is -2.48. The first kappa shape index (κ1) is 15.9. The van der Waals surface area contributed by atoms with E-state index < -0.39 is 8.32 Å². The first-order valence-corrected chi connectivity index (χ1v) is 11.4. The maximum atomic E-state index is 6.76. The average Bonchev–Trinajstić information content (AvgIpc) is 2.86. The smallest absolute Gasteiger partial charge is 0.192 e. The first-order valence-electron chi connectivity index (χ1n) is 7.59. The second-order valence-corrected chi connectivity index (χ2v) is 14.0. The average molecular weight is 303 g/mol. The summed E-state index contributed by atoms with van der Waals surface area (Å²) in [6.45, 7) is 11.8. The van der Waals surface area contributed by atoms with Gasteiger partial charge in [-0.2, -0.15) is 0 Å². The van der Waals surface area contributed by atoms with Crippen molar-refractivity contribution in [1.82, 2.24) is 0 Å². The lowest BCUT2D eigenvalue weighted by Gasteiger charge is -2.42. The van der Waals surface area contributed by atoms with Crippen molar-refractivity contribution < 1.29 is 9.16 Å². The molecule has 0 aromatic heterocycles. The fourth-order valence-electron chi connectivity index (χ4n) is 3.04. The minimum Gasteiger partial charge on any atom is -0.413 e. The van der Waals surface area contributed by atoms with Gasteiger partial charge >= 0.3 is 0 Å². The quantitative estimate of drug-likeness (QED) is 0.698. The van der Waals surface area contributed by atoms with E-state index in [2.05, 4.69) is 45.6 Å². The van der Waals surface area contributed by atoms with E-state index in [1.165, 1.54) is 32.1 Å². The summed E-state index contributed by atoms with van der Waals surface area (Å²) in [4.78, 5) is 0. The molecule has 1 aliphatic heterocycles. The molecule has 0 aromatic rings. The maximum absolute atomic E-state index is 6.76. The minimum atomic E-state index is -1.65. The van der Waals surface area contributed by atoms with Gasteiger partial charge in [-0.05, 0) is 50.2 Å². The lowest BCUT2D eigenvalue weighted by atomic mass is 9.99. The molecule has 4 heteroatoms. The van der Waals surface area contributed by atoms with Gasteiger partial charge in [0.15, 0.2) is 8.32 Å². The van der Waals surface area contributed by atoms with Crippen molar-refractivity contribution in [3.05, 3.63) is 0 Å². The van der Waals surface area contributed by atoms with Crippen LogP contribution in [0.3, 0.4) is 0 Å². The van der Waals surface area contributed by atoms with E-state index in [-0.39, 0.29) is 0 Å². The van der Waals surface area contributed by atoms with Crippen molar-refractivity contribution >= 4 is 20.1 Å². The molecule has 2 aliphatic rings. The molecule has 1 aliphatic carbocycles. The highest BCUT2D eigenvalue weighted by Crippen LogP contribution is 2.55. The SMILES string of the molecule is CO[C@@H]1CC[C@@]2(CCC[C@@H]2O[Si](C)(C)C(C)(C)C)S1. The normalized spacial score (nSPS) is 36.3. The number of rotatable bonds is 3. The summed E-state index contributed by atoms with van der Waals surface area (Å²) in [6.07, 6.45) is 6.81. The topological polar surface area (TPSA) is 18.5 Å². The van der Waals surface area contributed by atoms with Crippen molar-refractivity contribution in [2.75, 3.05) is 7.11 Å². The molecule has 1 spiro atoms. The highest BCUT2D eigenvalue weighted by molar-refractivity contribution is 8.01. The summed E-state index contributed by atoms with van der Waals surface area (Å²) >= 11 is 2.06. The van der Waals surface area contributed by atoms with Gasteiger partial charge < -0.3 is 9.16 Å². The van der Waals surface area contributed by atoms with Gasteiger partial charge in [0.25, 0.3) is 0 Å². The highest BCUT2D eigenvalue weighted by atomic mass is 32.2. The van der Waals surface area contributed by atoms with E-state index in [0.717, 1.165) is 0 Å². The van der Waals surface area contributed by atoms with Crippen LogP contribution in [0.15, 0.2) is 0 Å². The van der Waals surface area contributed by atoms with Crippen molar-refractivity contribution in [3.8, 4) is 0 Å². The van der Waals surface area contributed by atoms with Crippen LogP contribution in [0, 0.1) is 0 Å². The predicted molar refractivity (Wildman–Crippen MR) is 86.3 cm³/mol. The number of methoxy groups -OCH3 is 1. The minimum absolute atomic E-state index is 0.306. The van der Waals surface area contributed by atoms with Crippen LogP contribution in [0.2, 0.25) is 18.1 Å². The molecule has 0 unspecified atom stereocenters. The van der Waals surface area contributed by atoms with Crippen molar-refractivity contribution in [1.29, 1.82) is 0 Å². The fourth-order valence-corrected chi connectivity index (χ4v) is 6.20. The van der Waals surface area contributed by atoms with E-state index >= 15 is 0 Å². The Bertz CT molecular complexity index is 327. The van der Waals surface area contributed by atoms with Gasteiger partial charge in [-0.1, -0.05) is 20.8 Å². The number of hydrogen-bond acceptors (Lipinski definition) is 3. The molecule has 0 radical (unpaired) electrons.